The fourth-order valence-electron chi connectivity index (χ4n) is 4.01. The molecule has 0 aromatic heterocycles. The number of hydrogen-bond donors (Lipinski definition) is 2. The lowest BCUT2D eigenvalue weighted by Gasteiger charge is -2.48. The highest BCUT2D eigenvalue weighted by molar-refractivity contribution is 6.03. The maximum atomic E-state index is 13.7. The van der Waals surface area contributed by atoms with Crippen LogP contribution >= 0.6 is 0 Å². The summed E-state index contributed by atoms with van der Waals surface area (Å²) in [7, 11) is 0. The van der Waals surface area contributed by atoms with E-state index in [4.69, 9.17) is 0 Å². The van der Waals surface area contributed by atoms with Gasteiger partial charge in [-0.1, -0.05) is 30.3 Å². The number of halogens is 2. The molecule has 2 N–H and O–H groups in total. The zero-order chi connectivity index (χ0) is 21.3. The lowest BCUT2D eigenvalue weighted by Crippen LogP contribution is -2.55. The third-order valence-corrected chi connectivity index (χ3v) is 5.52. The second-order valence-corrected chi connectivity index (χ2v) is 7.48. The van der Waals surface area contributed by atoms with Crippen LogP contribution in [0.25, 0.3) is 0 Å². The Bertz CT molecular complexity index is 1050. The summed E-state index contributed by atoms with van der Waals surface area (Å²) in [6.45, 7) is 0. The minimum atomic E-state index is -0.891. The van der Waals surface area contributed by atoms with E-state index in [1.807, 2.05) is 0 Å². The Morgan fingerprint density at radius 1 is 0.933 bits per heavy atom. The SMILES string of the molecule is O=C1C(CCC(O)c2cccc(F)c2)C(c2ccc(O)cc2)N1c1cccc(F)c1. The summed E-state index contributed by atoms with van der Waals surface area (Å²) >= 11 is 0. The summed E-state index contributed by atoms with van der Waals surface area (Å²) in [5.74, 6) is -1.33. The molecule has 3 atom stereocenters. The van der Waals surface area contributed by atoms with Crippen molar-refractivity contribution < 1.29 is 23.8 Å². The van der Waals surface area contributed by atoms with Gasteiger partial charge >= 0.3 is 0 Å². The number of anilines is 1. The predicted molar refractivity (Wildman–Crippen MR) is 109 cm³/mol. The molecular weight excluding hydrogens is 388 g/mol. The molecule has 0 spiro atoms. The molecule has 1 fully saturated rings. The molecule has 0 saturated carbocycles. The molecule has 0 radical (unpaired) electrons. The van der Waals surface area contributed by atoms with Crippen molar-refractivity contribution in [2.45, 2.75) is 25.0 Å². The number of aliphatic hydroxyl groups is 1. The smallest absolute Gasteiger partial charge is 0.233 e. The Labute approximate surface area is 173 Å². The normalized spacial score (nSPS) is 19.4. The van der Waals surface area contributed by atoms with Gasteiger partial charge in [0.15, 0.2) is 0 Å². The van der Waals surface area contributed by atoms with Crippen molar-refractivity contribution in [3.05, 3.63) is 95.6 Å². The lowest BCUT2D eigenvalue weighted by atomic mass is 9.78. The highest BCUT2D eigenvalue weighted by Crippen LogP contribution is 2.46. The van der Waals surface area contributed by atoms with Gasteiger partial charge in [-0.3, -0.25) is 4.79 Å². The fraction of sp³-hybridized carbons (Fsp3) is 0.208. The highest BCUT2D eigenvalue weighted by Gasteiger charge is 2.48. The number of aromatic hydroxyl groups is 1. The molecule has 4 rings (SSSR count). The maximum Gasteiger partial charge on any atom is 0.233 e. The van der Waals surface area contributed by atoms with Crippen molar-refractivity contribution in [3.63, 3.8) is 0 Å². The number of phenols is 1. The van der Waals surface area contributed by atoms with E-state index in [1.165, 1.54) is 35.2 Å². The number of hydrogen-bond acceptors (Lipinski definition) is 3. The molecule has 154 valence electrons. The first kappa shape index (κ1) is 20.0. The molecule has 3 aromatic rings. The first-order valence-corrected chi connectivity index (χ1v) is 9.75. The van der Waals surface area contributed by atoms with Crippen molar-refractivity contribution >= 4 is 11.6 Å². The van der Waals surface area contributed by atoms with E-state index in [0.717, 1.165) is 5.56 Å². The van der Waals surface area contributed by atoms with Crippen LogP contribution in [0.4, 0.5) is 14.5 Å². The average Bonchev–Trinajstić information content (AvgIpc) is 2.73. The Hall–Kier alpha value is -3.25. The molecule has 4 nitrogen and oxygen atoms in total. The van der Waals surface area contributed by atoms with E-state index in [-0.39, 0.29) is 24.1 Å². The summed E-state index contributed by atoms with van der Waals surface area (Å²) in [6.07, 6.45) is -0.226. The Balaban J connectivity index is 1.56. The largest absolute Gasteiger partial charge is 0.508 e. The van der Waals surface area contributed by atoms with Gasteiger partial charge in [0, 0.05) is 5.69 Å². The number of rotatable bonds is 6. The van der Waals surface area contributed by atoms with Crippen LogP contribution in [0.5, 0.6) is 5.75 Å². The van der Waals surface area contributed by atoms with Gasteiger partial charge in [0.1, 0.15) is 17.4 Å². The van der Waals surface area contributed by atoms with Crippen LogP contribution < -0.4 is 4.90 Å². The summed E-state index contributed by atoms with van der Waals surface area (Å²) in [6, 6.07) is 17.8. The quantitative estimate of drug-likeness (QED) is 0.570. The monoisotopic (exact) mass is 409 g/mol. The van der Waals surface area contributed by atoms with Crippen LogP contribution in [0.2, 0.25) is 0 Å². The van der Waals surface area contributed by atoms with Crippen LogP contribution in [-0.2, 0) is 4.79 Å². The molecule has 3 aromatic carbocycles. The summed E-state index contributed by atoms with van der Waals surface area (Å²) in [4.78, 5) is 14.5. The van der Waals surface area contributed by atoms with E-state index >= 15 is 0 Å². The second-order valence-electron chi connectivity index (χ2n) is 7.48. The van der Waals surface area contributed by atoms with E-state index < -0.39 is 23.7 Å². The number of nitrogens with zero attached hydrogens (tertiary/aromatic N) is 1. The average molecular weight is 409 g/mol. The molecule has 1 amide bonds. The zero-order valence-corrected chi connectivity index (χ0v) is 16.1. The first-order chi connectivity index (χ1) is 14.4. The number of aliphatic hydroxyl groups excluding tert-OH is 1. The maximum absolute atomic E-state index is 13.7. The van der Waals surface area contributed by atoms with Crippen LogP contribution in [-0.4, -0.2) is 16.1 Å². The molecule has 6 heteroatoms. The third-order valence-electron chi connectivity index (χ3n) is 5.52. The number of amides is 1. The molecular formula is C24H21F2NO3. The topological polar surface area (TPSA) is 60.8 Å². The molecule has 1 aliphatic rings. The van der Waals surface area contributed by atoms with Gasteiger partial charge < -0.3 is 15.1 Å². The molecule has 1 saturated heterocycles. The number of carbonyl (C=O) groups is 1. The Kier molecular flexibility index (Phi) is 5.50. The van der Waals surface area contributed by atoms with E-state index in [9.17, 15) is 23.8 Å². The number of carbonyl (C=O) groups excluding carboxylic acids is 1. The van der Waals surface area contributed by atoms with Gasteiger partial charge in [-0.25, -0.2) is 8.78 Å². The van der Waals surface area contributed by atoms with Gasteiger partial charge in [0.2, 0.25) is 5.91 Å². The van der Waals surface area contributed by atoms with Crippen molar-refractivity contribution in [3.8, 4) is 5.75 Å². The van der Waals surface area contributed by atoms with Crippen LogP contribution in [0.3, 0.4) is 0 Å². The van der Waals surface area contributed by atoms with Crippen LogP contribution in [0.15, 0.2) is 72.8 Å². The minimum Gasteiger partial charge on any atom is -0.508 e. The fourth-order valence-corrected chi connectivity index (χ4v) is 4.01. The second kappa shape index (κ2) is 8.24. The van der Waals surface area contributed by atoms with Crippen molar-refractivity contribution in [2.75, 3.05) is 4.90 Å². The van der Waals surface area contributed by atoms with Crippen molar-refractivity contribution in [1.29, 1.82) is 0 Å². The van der Waals surface area contributed by atoms with Gasteiger partial charge in [-0.05, 0) is 66.4 Å². The van der Waals surface area contributed by atoms with E-state index in [1.54, 1.807) is 42.5 Å². The van der Waals surface area contributed by atoms with Crippen LogP contribution in [0, 0.1) is 17.6 Å². The molecule has 0 bridgehead atoms. The van der Waals surface area contributed by atoms with Gasteiger partial charge in [0.25, 0.3) is 0 Å². The summed E-state index contributed by atoms with van der Waals surface area (Å²) in [5, 5.41) is 20.0. The first-order valence-electron chi connectivity index (χ1n) is 9.75. The van der Waals surface area contributed by atoms with Crippen molar-refractivity contribution in [2.24, 2.45) is 5.92 Å². The summed E-state index contributed by atoms with van der Waals surface area (Å²) < 4.78 is 27.2. The standard InChI is InChI=1S/C24H21F2NO3/c25-17-4-1-3-16(13-17)22(29)12-11-21-23(15-7-9-20(28)10-8-15)27(24(21)30)19-6-2-5-18(26)14-19/h1-10,13-14,21-23,28-29H,11-12H2. The molecule has 30 heavy (non-hydrogen) atoms. The van der Waals surface area contributed by atoms with E-state index in [2.05, 4.69) is 0 Å². The number of phenolic OH excluding ortho intramolecular Hbond substituents is 1. The Morgan fingerprint density at radius 2 is 1.60 bits per heavy atom. The van der Waals surface area contributed by atoms with Gasteiger partial charge in [0.05, 0.1) is 18.1 Å². The molecule has 1 heterocycles. The lowest BCUT2D eigenvalue weighted by molar-refractivity contribution is -0.131. The van der Waals surface area contributed by atoms with Gasteiger partial charge in [-0.15, -0.1) is 0 Å². The van der Waals surface area contributed by atoms with Crippen molar-refractivity contribution in [1.82, 2.24) is 0 Å². The molecule has 0 aliphatic carbocycles. The van der Waals surface area contributed by atoms with E-state index in [0.29, 0.717) is 17.7 Å². The zero-order valence-electron chi connectivity index (χ0n) is 16.1. The number of β-lactam (4-membered cyclic amide) rings is 1. The third kappa shape index (κ3) is 3.91. The minimum absolute atomic E-state index is 0.111. The molecule has 3 unspecified atom stereocenters. The number of benzene rings is 3. The highest BCUT2D eigenvalue weighted by atomic mass is 19.1. The van der Waals surface area contributed by atoms with Gasteiger partial charge in [-0.2, -0.15) is 0 Å². The molecule has 1 aliphatic heterocycles. The predicted octanol–water partition coefficient (Wildman–Crippen LogP) is 4.89. The Morgan fingerprint density at radius 3 is 2.27 bits per heavy atom. The van der Waals surface area contributed by atoms with Crippen LogP contribution in [0.1, 0.15) is 36.1 Å². The summed E-state index contributed by atoms with van der Waals surface area (Å²) in [5.41, 5.74) is 1.73.